The highest BCUT2D eigenvalue weighted by molar-refractivity contribution is 6.05. The fraction of sp³-hybridized carbons (Fsp3) is 0.360. The Labute approximate surface area is 192 Å². The average molecular weight is 449 g/mol. The quantitative estimate of drug-likeness (QED) is 0.603. The molecule has 0 bridgehead atoms. The molecule has 4 rings (SSSR count). The van der Waals surface area contributed by atoms with Gasteiger partial charge in [-0.1, -0.05) is 35.9 Å². The maximum atomic E-state index is 12.9. The number of rotatable bonds is 7. The van der Waals surface area contributed by atoms with Crippen LogP contribution in [0.3, 0.4) is 0 Å². The van der Waals surface area contributed by atoms with Crippen LogP contribution in [-0.4, -0.2) is 47.7 Å². The third kappa shape index (κ3) is 4.74. The first-order chi connectivity index (χ1) is 15.8. The van der Waals surface area contributed by atoms with Crippen molar-refractivity contribution >= 4 is 29.3 Å². The van der Waals surface area contributed by atoms with E-state index in [9.17, 15) is 19.2 Å². The van der Waals surface area contributed by atoms with Crippen LogP contribution in [0.15, 0.2) is 36.4 Å². The molecule has 2 aromatic rings. The van der Waals surface area contributed by atoms with Crippen LogP contribution in [0.4, 0.5) is 5.69 Å². The van der Waals surface area contributed by atoms with Crippen molar-refractivity contribution in [3.8, 4) is 0 Å². The summed E-state index contributed by atoms with van der Waals surface area (Å²) in [5.74, 6) is -1.37. The Morgan fingerprint density at radius 2 is 1.58 bits per heavy atom. The molecule has 0 aromatic heterocycles. The fourth-order valence-corrected chi connectivity index (χ4v) is 4.40. The van der Waals surface area contributed by atoms with Gasteiger partial charge in [-0.2, -0.15) is 0 Å². The van der Waals surface area contributed by atoms with Gasteiger partial charge in [0, 0.05) is 17.3 Å². The predicted molar refractivity (Wildman–Crippen MR) is 124 cm³/mol. The minimum absolute atomic E-state index is 0.0619. The predicted octanol–water partition coefficient (Wildman–Crippen LogP) is 2.14. The van der Waals surface area contributed by atoms with Gasteiger partial charge in [0.15, 0.2) is 0 Å². The molecule has 3 N–H and O–H groups in total. The van der Waals surface area contributed by atoms with E-state index in [1.165, 1.54) is 0 Å². The summed E-state index contributed by atoms with van der Waals surface area (Å²) in [7, 11) is 0. The molecule has 33 heavy (non-hydrogen) atoms. The van der Waals surface area contributed by atoms with Crippen molar-refractivity contribution < 1.29 is 19.2 Å². The van der Waals surface area contributed by atoms with Gasteiger partial charge in [-0.05, 0) is 56.4 Å². The van der Waals surface area contributed by atoms with Crippen molar-refractivity contribution in [2.45, 2.75) is 45.7 Å². The number of hydrogen-bond donors (Lipinski definition) is 3. The van der Waals surface area contributed by atoms with Gasteiger partial charge >= 0.3 is 0 Å². The van der Waals surface area contributed by atoms with E-state index in [1.54, 1.807) is 29.2 Å². The average Bonchev–Trinajstić information content (AvgIpc) is 3.57. The van der Waals surface area contributed by atoms with Crippen LogP contribution in [0.1, 0.15) is 51.5 Å². The van der Waals surface area contributed by atoms with Gasteiger partial charge in [-0.15, -0.1) is 0 Å². The van der Waals surface area contributed by atoms with Gasteiger partial charge < -0.3 is 20.9 Å². The van der Waals surface area contributed by atoms with Crippen LogP contribution in [0, 0.1) is 20.8 Å². The zero-order valence-corrected chi connectivity index (χ0v) is 19.0. The van der Waals surface area contributed by atoms with E-state index in [-0.39, 0.29) is 30.9 Å². The molecular formula is C25H28N4O4. The molecule has 172 valence electrons. The van der Waals surface area contributed by atoms with E-state index in [4.69, 9.17) is 0 Å². The summed E-state index contributed by atoms with van der Waals surface area (Å²) in [6, 6.07) is 10.4. The van der Waals surface area contributed by atoms with Gasteiger partial charge in [-0.25, -0.2) is 0 Å². The van der Waals surface area contributed by atoms with Crippen molar-refractivity contribution in [1.82, 2.24) is 15.5 Å². The first kappa shape index (κ1) is 22.5. The molecule has 8 nitrogen and oxygen atoms in total. The molecule has 0 radical (unpaired) electrons. The summed E-state index contributed by atoms with van der Waals surface area (Å²) in [4.78, 5) is 51.8. The third-order valence-electron chi connectivity index (χ3n) is 6.00. The van der Waals surface area contributed by atoms with Gasteiger partial charge in [0.2, 0.25) is 17.7 Å². The van der Waals surface area contributed by atoms with E-state index < -0.39 is 17.9 Å². The highest BCUT2D eigenvalue weighted by Crippen LogP contribution is 2.41. The number of fused-ring (bicyclic) bond motifs is 1. The molecule has 1 aliphatic heterocycles. The number of amides is 4. The van der Waals surface area contributed by atoms with Crippen molar-refractivity contribution in [1.29, 1.82) is 0 Å². The van der Waals surface area contributed by atoms with E-state index in [0.29, 0.717) is 11.1 Å². The summed E-state index contributed by atoms with van der Waals surface area (Å²) >= 11 is 0. The maximum Gasteiger partial charge on any atom is 0.255 e. The number of carbonyl (C=O) groups excluding carboxylic acids is 4. The normalized spacial score (nSPS) is 16.9. The Balaban J connectivity index is 1.30. The lowest BCUT2D eigenvalue weighted by molar-refractivity contribution is -0.129. The lowest BCUT2D eigenvalue weighted by Gasteiger charge is -2.24. The van der Waals surface area contributed by atoms with E-state index in [0.717, 1.165) is 35.2 Å². The van der Waals surface area contributed by atoms with Crippen LogP contribution >= 0.6 is 0 Å². The van der Waals surface area contributed by atoms with Crippen LogP contribution in [-0.2, 0) is 14.4 Å². The second-order valence-electron chi connectivity index (χ2n) is 8.75. The van der Waals surface area contributed by atoms with E-state index >= 15 is 0 Å². The van der Waals surface area contributed by atoms with Crippen LogP contribution in [0.25, 0.3) is 0 Å². The van der Waals surface area contributed by atoms with Gasteiger partial charge in [0.25, 0.3) is 5.91 Å². The Bertz CT molecular complexity index is 1120. The standard InChI is InChI=1S/C25H28N4O4/c1-14-10-15(2)22(16(3)11-14)28-21(31)13-26-20(30)12-27-24(32)23-18-6-4-5-7-19(18)25(33)29(23)17-8-9-17/h4-7,10-11,17,23H,8-9,12-13H2,1-3H3,(H,26,30)(H,27,32)(H,28,31). The lowest BCUT2D eigenvalue weighted by Crippen LogP contribution is -2.45. The number of benzene rings is 2. The Morgan fingerprint density at radius 3 is 2.24 bits per heavy atom. The molecule has 1 heterocycles. The summed E-state index contributed by atoms with van der Waals surface area (Å²) in [5.41, 5.74) is 4.94. The highest BCUT2D eigenvalue weighted by Gasteiger charge is 2.47. The van der Waals surface area contributed by atoms with Gasteiger partial charge in [0.05, 0.1) is 13.1 Å². The molecule has 2 aromatic carbocycles. The summed E-state index contributed by atoms with van der Waals surface area (Å²) in [6.07, 6.45) is 1.75. The molecular weight excluding hydrogens is 420 g/mol. The number of aryl methyl sites for hydroxylation is 3. The molecule has 4 amide bonds. The Kier molecular flexibility index (Phi) is 6.18. The summed E-state index contributed by atoms with van der Waals surface area (Å²) < 4.78 is 0. The SMILES string of the molecule is Cc1cc(C)c(NC(=O)CNC(=O)CNC(=O)C2c3ccccc3C(=O)N2C2CC2)c(C)c1. The number of hydrogen-bond acceptors (Lipinski definition) is 4. The molecule has 1 aliphatic carbocycles. The topological polar surface area (TPSA) is 108 Å². The van der Waals surface area contributed by atoms with Gasteiger partial charge in [0.1, 0.15) is 6.04 Å². The van der Waals surface area contributed by atoms with E-state index in [1.807, 2.05) is 32.9 Å². The van der Waals surface area contributed by atoms with Crippen molar-refractivity contribution in [2.75, 3.05) is 18.4 Å². The smallest absolute Gasteiger partial charge is 0.255 e. The first-order valence-electron chi connectivity index (χ1n) is 11.1. The first-order valence-corrected chi connectivity index (χ1v) is 11.1. The zero-order chi connectivity index (χ0) is 23.7. The maximum absolute atomic E-state index is 12.9. The van der Waals surface area contributed by atoms with Crippen LogP contribution in [0.5, 0.6) is 0 Å². The van der Waals surface area contributed by atoms with Crippen molar-refractivity contribution in [2.24, 2.45) is 0 Å². The minimum atomic E-state index is -0.732. The monoisotopic (exact) mass is 448 g/mol. The lowest BCUT2D eigenvalue weighted by atomic mass is 10.0. The molecule has 8 heteroatoms. The second-order valence-corrected chi connectivity index (χ2v) is 8.75. The molecule has 0 spiro atoms. The largest absolute Gasteiger partial charge is 0.345 e. The van der Waals surface area contributed by atoms with E-state index in [2.05, 4.69) is 16.0 Å². The molecule has 1 atom stereocenters. The van der Waals surface area contributed by atoms with Gasteiger partial charge in [-0.3, -0.25) is 19.2 Å². The molecule has 1 unspecified atom stereocenters. The number of anilines is 1. The number of nitrogens with zero attached hydrogens (tertiary/aromatic N) is 1. The molecule has 1 fully saturated rings. The molecule has 2 aliphatic rings. The van der Waals surface area contributed by atoms with Crippen LogP contribution in [0.2, 0.25) is 0 Å². The third-order valence-corrected chi connectivity index (χ3v) is 6.00. The minimum Gasteiger partial charge on any atom is -0.345 e. The summed E-state index contributed by atoms with van der Waals surface area (Å²) in [6.45, 7) is 5.34. The molecule has 1 saturated carbocycles. The highest BCUT2D eigenvalue weighted by atomic mass is 16.2. The molecule has 0 saturated heterocycles. The zero-order valence-electron chi connectivity index (χ0n) is 19.0. The summed E-state index contributed by atoms with van der Waals surface area (Å²) in [5, 5.41) is 7.97. The fourth-order valence-electron chi connectivity index (χ4n) is 4.40. The van der Waals surface area contributed by atoms with Crippen LogP contribution < -0.4 is 16.0 Å². The Morgan fingerprint density at radius 1 is 0.939 bits per heavy atom. The number of nitrogens with one attached hydrogen (secondary N) is 3. The van der Waals surface area contributed by atoms with Crippen molar-refractivity contribution in [3.63, 3.8) is 0 Å². The number of carbonyl (C=O) groups is 4. The van der Waals surface area contributed by atoms with Crippen molar-refractivity contribution in [3.05, 3.63) is 64.2 Å². The Hall–Kier alpha value is -3.68. The second kappa shape index (κ2) is 9.05.